The van der Waals surface area contributed by atoms with Crippen LogP contribution in [0.1, 0.15) is 6.42 Å². The molecule has 2 rings (SSSR count). The van der Waals surface area contributed by atoms with Crippen LogP contribution in [0.4, 0.5) is 14.5 Å². The summed E-state index contributed by atoms with van der Waals surface area (Å²) in [5.74, 6) is -6.64. The first-order valence-corrected chi connectivity index (χ1v) is 7.44. The molecule has 1 fully saturated rings. The standard InChI is InChI=1S/C12H11F2NO5S/c13-12(14)21(19,20)7-3-1-2-6(4-7)15-10(16)8-5-9(8)11(17)18/h1-4,8-9,12H,5H2,(H,15,16)(H,17,18). The number of nitrogens with one attached hydrogen (secondary N) is 1. The molecule has 1 aromatic rings. The Bertz CT molecular complexity index is 689. The Balaban J connectivity index is 2.13. The van der Waals surface area contributed by atoms with E-state index >= 15 is 0 Å². The number of sulfone groups is 1. The summed E-state index contributed by atoms with van der Waals surface area (Å²) in [5.41, 5.74) is 0.0257. The number of anilines is 1. The first-order valence-electron chi connectivity index (χ1n) is 5.89. The summed E-state index contributed by atoms with van der Waals surface area (Å²) < 4.78 is 47.5. The minimum Gasteiger partial charge on any atom is -0.481 e. The molecule has 1 aliphatic rings. The molecule has 0 aliphatic heterocycles. The fraction of sp³-hybridized carbons (Fsp3) is 0.333. The average molecular weight is 319 g/mol. The van der Waals surface area contributed by atoms with E-state index in [4.69, 9.17) is 5.11 Å². The van der Waals surface area contributed by atoms with Crippen LogP contribution in [0, 0.1) is 11.8 Å². The van der Waals surface area contributed by atoms with Crippen molar-refractivity contribution < 1.29 is 31.9 Å². The number of benzene rings is 1. The number of amides is 1. The van der Waals surface area contributed by atoms with Crippen molar-refractivity contribution in [2.45, 2.75) is 17.1 Å². The third kappa shape index (κ3) is 3.18. The number of hydrogen-bond acceptors (Lipinski definition) is 4. The third-order valence-corrected chi connectivity index (χ3v) is 4.49. The maximum atomic E-state index is 12.4. The Labute approximate surface area is 118 Å². The van der Waals surface area contributed by atoms with E-state index < -0.39 is 44.2 Å². The van der Waals surface area contributed by atoms with Crippen molar-refractivity contribution in [3.05, 3.63) is 24.3 Å². The first-order chi connectivity index (χ1) is 9.73. The van der Waals surface area contributed by atoms with E-state index in [0.717, 1.165) is 12.1 Å². The Morgan fingerprint density at radius 2 is 1.95 bits per heavy atom. The molecule has 6 nitrogen and oxygen atoms in total. The monoisotopic (exact) mass is 319 g/mol. The van der Waals surface area contributed by atoms with E-state index in [1.54, 1.807) is 0 Å². The molecule has 1 saturated carbocycles. The SMILES string of the molecule is O=C(O)C1CC1C(=O)Nc1cccc(S(=O)(=O)C(F)F)c1. The molecule has 9 heteroatoms. The van der Waals surface area contributed by atoms with Crippen LogP contribution in [0.15, 0.2) is 29.2 Å². The van der Waals surface area contributed by atoms with Gasteiger partial charge in [-0.25, -0.2) is 8.42 Å². The molecule has 21 heavy (non-hydrogen) atoms. The molecule has 0 saturated heterocycles. The van der Waals surface area contributed by atoms with Crippen LogP contribution in [-0.4, -0.2) is 31.2 Å². The van der Waals surface area contributed by atoms with Crippen molar-refractivity contribution in [2.24, 2.45) is 11.8 Å². The van der Waals surface area contributed by atoms with Gasteiger partial charge in [0.2, 0.25) is 15.7 Å². The van der Waals surface area contributed by atoms with E-state index in [0.29, 0.717) is 0 Å². The number of carboxylic acid groups (broad SMARTS) is 1. The van der Waals surface area contributed by atoms with Gasteiger partial charge in [-0.2, -0.15) is 8.78 Å². The molecule has 0 heterocycles. The number of aliphatic carboxylic acids is 1. The smallest absolute Gasteiger partial charge is 0.341 e. The largest absolute Gasteiger partial charge is 0.481 e. The fourth-order valence-electron chi connectivity index (χ4n) is 1.85. The number of carbonyl (C=O) groups excluding carboxylic acids is 1. The van der Waals surface area contributed by atoms with E-state index in [2.05, 4.69) is 5.32 Å². The molecule has 114 valence electrons. The topological polar surface area (TPSA) is 101 Å². The van der Waals surface area contributed by atoms with Crippen molar-refractivity contribution in [1.82, 2.24) is 0 Å². The van der Waals surface area contributed by atoms with Crippen LogP contribution in [-0.2, 0) is 19.4 Å². The highest BCUT2D eigenvalue weighted by Gasteiger charge is 2.48. The average Bonchev–Trinajstić information content (AvgIpc) is 3.19. The van der Waals surface area contributed by atoms with Crippen molar-refractivity contribution >= 4 is 27.4 Å². The maximum Gasteiger partial charge on any atom is 0.341 e. The Kier molecular flexibility index (Phi) is 3.95. The highest BCUT2D eigenvalue weighted by Crippen LogP contribution is 2.39. The Hall–Kier alpha value is -2.03. The molecule has 1 amide bonds. The third-order valence-electron chi connectivity index (χ3n) is 3.11. The number of rotatable bonds is 5. The number of carboxylic acids is 1. The van der Waals surface area contributed by atoms with Crippen molar-refractivity contribution in [1.29, 1.82) is 0 Å². The summed E-state index contributed by atoms with van der Waals surface area (Å²) in [6, 6.07) is 4.46. The van der Waals surface area contributed by atoms with Crippen molar-refractivity contribution in [3.8, 4) is 0 Å². The normalized spacial score (nSPS) is 21.1. The lowest BCUT2D eigenvalue weighted by molar-refractivity contribution is -0.139. The number of alkyl halides is 2. The van der Waals surface area contributed by atoms with Crippen LogP contribution in [0.25, 0.3) is 0 Å². The van der Waals surface area contributed by atoms with E-state index in [-0.39, 0.29) is 12.1 Å². The summed E-state index contributed by atoms with van der Waals surface area (Å²) in [6.07, 6.45) is 0.205. The lowest BCUT2D eigenvalue weighted by Crippen LogP contribution is -2.17. The highest BCUT2D eigenvalue weighted by molar-refractivity contribution is 7.91. The van der Waals surface area contributed by atoms with Gasteiger partial charge >= 0.3 is 11.7 Å². The zero-order valence-corrected chi connectivity index (χ0v) is 11.3. The molecule has 0 aromatic heterocycles. The van der Waals surface area contributed by atoms with Gasteiger partial charge in [-0.05, 0) is 24.6 Å². The van der Waals surface area contributed by atoms with Crippen LogP contribution < -0.4 is 5.32 Å². The second kappa shape index (κ2) is 5.40. The number of halogens is 2. The predicted octanol–water partition coefficient (Wildman–Crippen LogP) is 1.34. The van der Waals surface area contributed by atoms with Gasteiger partial charge in [0.1, 0.15) is 0 Å². The lowest BCUT2D eigenvalue weighted by Gasteiger charge is -2.07. The molecular weight excluding hydrogens is 308 g/mol. The van der Waals surface area contributed by atoms with Crippen molar-refractivity contribution in [2.75, 3.05) is 5.32 Å². The van der Waals surface area contributed by atoms with E-state index in [9.17, 15) is 26.8 Å². The predicted molar refractivity (Wildman–Crippen MR) is 67.5 cm³/mol. The van der Waals surface area contributed by atoms with Gasteiger partial charge in [0, 0.05) is 5.69 Å². The minimum atomic E-state index is -4.74. The second-order valence-electron chi connectivity index (χ2n) is 4.61. The summed E-state index contributed by atoms with van der Waals surface area (Å²) in [4.78, 5) is 21.7. The Morgan fingerprint density at radius 1 is 1.29 bits per heavy atom. The number of hydrogen-bond donors (Lipinski definition) is 2. The van der Waals surface area contributed by atoms with Gasteiger partial charge < -0.3 is 10.4 Å². The van der Waals surface area contributed by atoms with E-state index in [1.807, 2.05) is 0 Å². The van der Waals surface area contributed by atoms with Gasteiger partial charge in [-0.15, -0.1) is 0 Å². The molecular formula is C12H11F2NO5S. The molecule has 2 unspecified atom stereocenters. The summed E-state index contributed by atoms with van der Waals surface area (Å²) in [5, 5.41) is 11.0. The maximum absolute atomic E-state index is 12.4. The minimum absolute atomic E-state index is 0.0257. The molecule has 1 aromatic carbocycles. The van der Waals surface area contributed by atoms with Crippen molar-refractivity contribution in [3.63, 3.8) is 0 Å². The van der Waals surface area contributed by atoms with Crippen LogP contribution in [0.2, 0.25) is 0 Å². The molecule has 2 atom stereocenters. The number of carbonyl (C=O) groups is 2. The first kappa shape index (κ1) is 15.4. The quantitative estimate of drug-likeness (QED) is 0.853. The van der Waals surface area contributed by atoms with Gasteiger partial charge in [-0.1, -0.05) is 6.07 Å². The lowest BCUT2D eigenvalue weighted by atomic mass is 10.2. The zero-order chi connectivity index (χ0) is 15.8. The Morgan fingerprint density at radius 3 is 2.48 bits per heavy atom. The summed E-state index contributed by atoms with van der Waals surface area (Å²) >= 11 is 0. The van der Waals surface area contributed by atoms with Gasteiger partial charge in [-0.3, -0.25) is 9.59 Å². The summed E-state index contributed by atoms with van der Waals surface area (Å²) in [6.45, 7) is 0. The molecule has 0 radical (unpaired) electrons. The van der Waals surface area contributed by atoms with Crippen LogP contribution in [0.5, 0.6) is 0 Å². The van der Waals surface area contributed by atoms with Gasteiger partial charge in [0.05, 0.1) is 16.7 Å². The van der Waals surface area contributed by atoms with Gasteiger partial charge in [0.25, 0.3) is 0 Å². The molecule has 1 aliphatic carbocycles. The van der Waals surface area contributed by atoms with Gasteiger partial charge in [0.15, 0.2) is 0 Å². The van der Waals surface area contributed by atoms with Crippen LogP contribution >= 0.6 is 0 Å². The zero-order valence-electron chi connectivity index (χ0n) is 10.5. The fourth-order valence-corrected chi connectivity index (χ4v) is 2.61. The van der Waals surface area contributed by atoms with E-state index in [1.165, 1.54) is 12.1 Å². The second-order valence-corrected chi connectivity index (χ2v) is 6.53. The molecule has 0 spiro atoms. The highest BCUT2D eigenvalue weighted by atomic mass is 32.2. The van der Waals surface area contributed by atoms with Crippen LogP contribution in [0.3, 0.4) is 0 Å². The molecule has 0 bridgehead atoms. The summed E-state index contributed by atoms with van der Waals surface area (Å²) in [7, 11) is -4.74. The molecule has 2 N–H and O–H groups in total.